The van der Waals surface area contributed by atoms with E-state index in [-0.39, 0.29) is 18.1 Å². The molecule has 1 rings (SSSR count). The van der Waals surface area contributed by atoms with Gasteiger partial charge in [-0.2, -0.15) is 0 Å². The number of halogens is 1. The van der Waals surface area contributed by atoms with Gasteiger partial charge in [0.15, 0.2) is 0 Å². The highest BCUT2D eigenvalue weighted by Crippen LogP contribution is 2.23. The van der Waals surface area contributed by atoms with E-state index in [0.717, 1.165) is 18.7 Å². The minimum absolute atomic E-state index is 0.145. The lowest BCUT2D eigenvalue weighted by Gasteiger charge is -2.19. The number of hydrogen-bond donors (Lipinski definition) is 2. The molecule has 24 heavy (non-hydrogen) atoms. The molecule has 1 aromatic carbocycles. The molecule has 5 heteroatoms. The highest BCUT2D eigenvalue weighted by Gasteiger charge is 2.08. The van der Waals surface area contributed by atoms with Crippen molar-refractivity contribution in [2.75, 3.05) is 18.4 Å². The number of rotatable bonds is 9. The average Bonchev–Trinajstić information content (AvgIpc) is 2.55. The second-order valence-corrected chi connectivity index (χ2v) is 5.68. The Morgan fingerprint density at radius 1 is 1.38 bits per heavy atom. The smallest absolute Gasteiger partial charge is 0.228 e. The first-order valence-electron chi connectivity index (χ1n) is 7.99. The van der Waals surface area contributed by atoms with E-state index in [1.807, 2.05) is 0 Å². The van der Waals surface area contributed by atoms with E-state index in [9.17, 15) is 9.90 Å². The molecular weight excluding hydrogens is 324 g/mol. The van der Waals surface area contributed by atoms with Gasteiger partial charge in [0.25, 0.3) is 0 Å². The van der Waals surface area contributed by atoms with Crippen LogP contribution in [0.4, 0.5) is 5.69 Å². The summed E-state index contributed by atoms with van der Waals surface area (Å²) >= 11 is 5.88. The number of phenolic OH excluding ortho intramolecular Hbond substituents is 1. The summed E-state index contributed by atoms with van der Waals surface area (Å²) in [7, 11) is 0. The van der Waals surface area contributed by atoms with E-state index >= 15 is 0 Å². The molecular formula is C19H25ClN2O2. The number of carbonyl (C=O) groups excluding carboxylic acids is 1. The predicted octanol–water partition coefficient (Wildman–Crippen LogP) is 4.43. The maximum absolute atomic E-state index is 12.0. The van der Waals surface area contributed by atoms with Crippen molar-refractivity contribution >= 4 is 23.2 Å². The molecule has 0 aliphatic heterocycles. The van der Waals surface area contributed by atoms with Crippen LogP contribution in [0.2, 0.25) is 0 Å². The first kappa shape index (κ1) is 20.0. The molecule has 0 saturated carbocycles. The summed E-state index contributed by atoms with van der Waals surface area (Å²) in [6, 6.07) is 5.10. The average molecular weight is 349 g/mol. The standard InChI is InChI=1S/C19H25ClN2O2/c1-4-8-16(20)9-7-10-19(24)21-17-11-12-18(23)15(13-17)14-22(5-2)6-3/h4,7-9,11-13,23H,1,5-6,10,14H2,2-3H3,(H,21,24). The number of nitrogens with zero attached hydrogens (tertiary/aromatic N) is 1. The SMILES string of the molecule is C=CC=C(Cl)C=CCC(=O)Nc1ccc(O)c(CN(CC)CC)c1. The third-order valence-corrected chi connectivity index (χ3v) is 3.76. The fourth-order valence-electron chi connectivity index (χ4n) is 2.14. The second kappa shape index (κ2) is 10.7. The molecule has 0 spiro atoms. The molecule has 0 aliphatic carbocycles. The second-order valence-electron chi connectivity index (χ2n) is 5.25. The first-order valence-corrected chi connectivity index (χ1v) is 8.36. The molecule has 0 fully saturated rings. The van der Waals surface area contributed by atoms with Crippen molar-refractivity contribution in [2.24, 2.45) is 0 Å². The Labute approximate surface area is 149 Å². The van der Waals surface area contributed by atoms with Crippen LogP contribution >= 0.6 is 11.6 Å². The number of amides is 1. The van der Waals surface area contributed by atoms with Gasteiger partial charge in [-0.15, -0.1) is 0 Å². The van der Waals surface area contributed by atoms with E-state index in [4.69, 9.17) is 11.6 Å². The lowest BCUT2D eigenvalue weighted by molar-refractivity contribution is -0.115. The highest BCUT2D eigenvalue weighted by molar-refractivity contribution is 6.31. The van der Waals surface area contributed by atoms with Crippen LogP contribution in [0.1, 0.15) is 25.8 Å². The van der Waals surface area contributed by atoms with Gasteiger partial charge in [-0.25, -0.2) is 0 Å². The summed E-state index contributed by atoms with van der Waals surface area (Å²) < 4.78 is 0. The number of phenols is 1. The summed E-state index contributed by atoms with van der Waals surface area (Å²) in [5.74, 6) is 0.0925. The van der Waals surface area contributed by atoms with Crippen LogP contribution in [0.3, 0.4) is 0 Å². The molecule has 0 bridgehead atoms. The van der Waals surface area contributed by atoms with E-state index in [1.165, 1.54) is 0 Å². The van der Waals surface area contributed by atoms with Gasteiger partial charge in [-0.3, -0.25) is 9.69 Å². The molecule has 1 amide bonds. The fraction of sp³-hybridized carbons (Fsp3) is 0.316. The lowest BCUT2D eigenvalue weighted by atomic mass is 10.1. The molecule has 4 nitrogen and oxygen atoms in total. The number of allylic oxidation sites excluding steroid dienone is 4. The van der Waals surface area contributed by atoms with Gasteiger partial charge in [0.05, 0.1) is 0 Å². The lowest BCUT2D eigenvalue weighted by Crippen LogP contribution is -2.22. The molecule has 0 unspecified atom stereocenters. The summed E-state index contributed by atoms with van der Waals surface area (Å²) in [6.45, 7) is 10.1. The van der Waals surface area contributed by atoms with Crippen LogP contribution in [0.25, 0.3) is 0 Å². The summed E-state index contributed by atoms with van der Waals surface area (Å²) in [4.78, 5) is 14.2. The maximum atomic E-state index is 12.0. The van der Waals surface area contributed by atoms with Gasteiger partial charge < -0.3 is 10.4 Å². The van der Waals surface area contributed by atoms with Crippen molar-refractivity contribution in [2.45, 2.75) is 26.8 Å². The number of carbonyl (C=O) groups is 1. The summed E-state index contributed by atoms with van der Waals surface area (Å²) in [5, 5.41) is 13.3. The maximum Gasteiger partial charge on any atom is 0.228 e. The molecule has 0 aliphatic rings. The van der Waals surface area contributed by atoms with E-state index < -0.39 is 0 Å². The number of aromatic hydroxyl groups is 1. The van der Waals surface area contributed by atoms with E-state index in [1.54, 1.807) is 42.5 Å². The number of nitrogens with one attached hydrogen (secondary N) is 1. The Morgan fingerprint density at radius 2 is 2.08 bits per heavy atom. The van der Waals surface area contributed by atoms with Crippen LogP contribution < -0.4 is 5.32 Å². The minimum Gasteiger partial charge on any atom is -0.508 e. The van der Waals surface area contributed by atoms with Crippen LogP contribution in [0, 0.1) is 0 Å². The van der Waals surface area contributed by atoms with Crippen molar-refractivity contribution in [1.82, 2.24) is 4.90 Å². The molecule has 0 aromatic heterocycles. The normalized spacial score (nSPS) is 11.9. The number of benzene rings is 1. The van der Waals surface area contributed by atoms with Gasteiger partial charge in [0.1, 0.15) is 5.75 Å². The quantitative estimate of drug-likeness (QED) is 0.513. The fourth-order valence-corrected chi connectivity index (χ4v) is 2.31. The summed E-state index contributed by atoms with van der Waals surface area (Å²) in [5.41, 5.74) is 1.46. The van der Waals surface area contributed by atoms with Crippen LogP contribution in [-0.4, -0.2) is 29.0 Å². The highest BCUT2D eigenvalue weighted by atomic mass is 35.5. The molecule has 0 heterocycles. The number of anilines is 1. The minimum atomic E-state index is -0.145. The third-order valence-electron chi connectivity index (χ3n) is 3.51. The third kappa shape index (κ3) is 7.02. The van der Waals surface area contributed by atoms with Gasteiger partial charge in [-0.1, -0.05) is 44.2 Å². The van der Waals surface area contributed by atoms with Crippen molar-refractivity contribution in [1.29, 1.82) is 0 Å². The molecule has 130 valence electrons. The number of hydrogen-bond acceptors (Lipinski definition) is 3. The first-order chi connectivity index (χ1) is 11.5. The van der Waals surface area contributed by atoms with Crippen molar-refractivity contribution in [3.63, 3.8) is 0 Å². The van der Waals surface area contributed by atoms with Crippen molar-refractivity contribution in [3.8, 4) is 5.75 Å². The zero-order valence-electron chi connectivity index (χ0n) is 14.3. The predicted molar refractivity (Wildman–Crippen MR) is 101 cm³/mol. The Kier molecular flexibility index (Phi) is 8.90. The zero-order chi connectivity index (χ0) is 17.9. The molecule has 2 N–H and O–H groups in total. The van der Waals surface area contributed by atoms with Crippen LogP contribution in [0.15, 0.2) is 54.1 Å². The van der Waals surface area contributed by atoms with Crippen molar-refractivity contribution in [3.05, 3.63) is 59.7 Å². The van der Waals surface area contributed by atoms with Crippen LogP contribution in [0.5, 0.6) is 5.75 Å². The van der Waals surface area contributed by atoms with Crippen molar-refractivity contribution < 1.29 is 9.90 Å². The van der Waals surface area contributed by atoms with E-state index in [2.05, 4.69) is 30.6 Å². The Bertz CT molecular complexity index is 620. The Morgan fingerprint density at radius 3 is 2.71 bits per heavy atom. The largest absolute Gasteiger partial charge is 0.508 e. The summed E-state index contributed by atoms with van der Waals surface area (Å²) in [6.07, 6.45) is 6.80. The van der Waals surface area contributed by atoms with Gasteiger partial charge >= 0.3 is 0 Å². The zero-order valence-corrected chi connectivity index (χ0v) is 15.0. The molecule has 0 atom stereocenters. The van der Waals surface area contributed by atoms with Gasteiger partial charge in [0, 0.05) is 29.2 Å². The van der Waals surface area contributed by atoms with Gasteiger partial charge in [0.2, 0.25) is 5.91 Å². The molecule has 1 aromatic rings. The Balaban J connectivity index is 2.69. The van der Waals surface area contributed by atoms with Crippen LogP contribution in [-0.2, 0) is 11.3 Å². The molecule has 0 saturated heterocycles. The van der Waals surface area contributed by atoms with E-state index in [0.29, 0.717) is 17.3 Å². The Hall–Kier alpha value is -2.04. The molecule has 0 radical (unpaired) electrons. The topological polar surface area (TPSA) is 52.6 Å². The van der Waals surface area contributed by atoms with Gasteiger partial charge in [-0.05, 0) is 43.4 Å². The monoisotopic (exact) mass is 348 g/mol.